The Balaban J connectivity index is 0. The van der Waals surface area contributed by atoms with Gasteiger partial charge in [0, 0.05) is 40.5 Å². The maximum atomic E-state index is 5.55. The highest BCUT2D eigenvalue weighted by molar-refractivity contribution is 7.73. The van der Waals surface area contributed by atoms with Gasteiger partial charge in [-0.2, -0.15) is 0 Å². The van der Waals surface area contributed by atoms with Gasteiger partial charge in [-0.3, -0.25) is 0 Å². The van der Waals surface area contributed by atoms with Crippen LogP contribution in [-0.2, 0) is 9.47 Å². The zero-order valence-corrected chi connectivity index (χ0v) is 17.1. The van der Waals surface area contributed by atoms with Crippen molar-refractivity contribution in [1.29, 1.82) is 0 Å². The van der Waals surface area contributed by atoms with Crippen LogP contribution in [0.25, 0.3) is 0 Å². The van der Waals surface area contributed by atoms with Crippen LogP contribution in [0.1, 0.15) is 58.8 Å². The van der Waals surface area contributed by atoms with E-state index in [1.165, 1.54) is 44.7 Å². The second-order valence-electron chi connectivity index (χ2n) is 6.61. The average molecular weight is 353 g/mol. The predicted molar refractivity (Wildman–Crippen MR) is 98.1 cm³/mol. The molecule has 0 aliphatic rings. The minimum absolute atomic E-state index is 0. The molecule has 0 unspecified atom stereocenters. The number of rotatable bonds is 14. The lowest BCUT2D eigenvalue weighted by atomic mass is 10.1. The molecule has 0 aliphatic carbocycles. The molecular formula is C18H38ClO2P. The molecule has 0 atom stereocenters. The van der Waals surface area contributed by atoms with Crippen LogP contribution in [0.5, 0.6) is 0 Å². The third-order valence-corrected chi connectivity index (χ3v) is 5.04. The van der Waals surface area contributed by atoms with Crippen molar-refractivity contribution >= 4 is 7.26 Å². The Labute approximate surface area is 146 Å². The third-order valence-electron chi connectivity index (χ3n) is 3.38. The van der Waals surface area contributed by atoms with Gasteiger partial charge in [0.25, 0.3) is 0 Å². The van der Waals surface area contributed by atoms with Crippen LogP contribution in [0, 0.1) is 0 Å². The van der Waals surface area contributed by atoms with E-state index in [4.69, 9.17) is 9.47 Å². The van der Waals surface area contributed by atoms with E-state index in [-0.39, 0.29) is 18.7 Å². The van der Waals surface area contributed by atoms with Crippen molar-refractivity contribution in [2.45, 2.75) is 65.1 Å². The largest absolute Gasteiger partial charge is 1.00 e. The van der Waals surface area contributed by atoms with Crippen LogP contribution < -0.4 is 12.4 Å². The van der Waals surface area contributed by atoms with Gasteiger partial charge < -0.3 is 21.9 Å². The lowest BCUT2D eigenvalue weighted by molar-refractivity contribution is -0.140. The van der Waals surface area contributed by atoms with Gasteiger partial charge in [-0.1, -0.05) is 18.6 Å². The summed E-state index contributed by atoms with van der Waals surface area (Å²) in [5, 5.41) is 0. The van der Waals surface area contributed by atoms with Crippen molar-refractivity contribution in [3.63, 3.8) is 0 Å². The van der Waals surface area contributed by atoms with Gasteiger partial charge >= 0.3 is 0 Å². The number of hydrogen-bond donors (Lipinski definition) is 0. The summed E-state index contributed by atoms with van der Waals surface area (Å²) in [6.07, 6.45) is 14.8. The minimum atomic E-state index is -0.565. The highest BCUT2D eigenvalue weighted by atomic mass is 35.5. The molecular weight excluding hydrogens is 315 g/mol. The van der Waals surface area contributed by atoms with E-state index in [2.05, 4.69) is 32.1 Å². The van der Waals surface area contributed by atoms with E-state index in [9.17, 15) is 0 Å². The first-order chi connectivity index (χ1) is 9.99. The molecule has 0 heterocycles. The van der Waals surface area contributed by atoms with Crippen molar-refractivity contribution in [2.75, 3.05) is 39.4 Å². The summed E-state index contributed by atoms with van der Waals surface area (Å²) < 4.78 is 11.1. The highest BCUT2D eigenvalue weighted by Gasteiger charge is 2.14. The maximum absolute atomic E-state index is 5.55. The summed E-state index contributed by atoms with van der Waals surface area (Å²) in [6.45, 7) is 12.8. The number of unbranched alkanes of at least 4 members (excludes halogenated alkanes) is 4. The van der Waals surface area contributed by atoms with Crippen molar-refractivity contribution in [3.05, 3.63) is 12.2 Å². The van der Waals surface area contributed by atoms with Crippen LogP contribution in [0.15, 0.2) is 12.2 Å². The van der Waals surface area contributed by atoms with Gasteiger partial charge in [0.05, 0.1) is 6.16 Å². The lowest BCUT2D eigenvalue weighted by Gasteiger charge is -2.16. The summed E-state index contributed by atoms with van der Waals surface area (Å²) in [5.41, 5.74) is 0. The Morgan fingerprint density at radius 1 is 0.818 bits per heavy atom. The summed E-state index contributed by atoms with van der Waals surface area (Å²) in [6, 6.07) is 0. The van der Waals surface area contributed by atoms with Gasteiger partial charge in [0.2, 0.25) is 0 Å². The molecule has 0 aromatic heterocycles. The molecule has 0 aliphatic heterocycles. The molecule has 0 saturated carbocycles. The molecule has 0 saturated heterocycles. The smallest absolute Gasteiger partial charge is 0.157 e. The number of hydrogen-bond acceptors (Lipinski definition) is 2. The Morgan fingerprint density at radius 2 is 1.36 bits per heavy atom. The van der Waals surface area contributed by atoms with Gasteiger partial charge in [0.15, 0.2) is 6.29 Å². The first-order valence-corrected chi connectivity index (χ1v) is 12.0. The molecule has 0 amide bonds. The van der Waals surface area contributed by atoms with E-state index in [0.29, 0.717) is 0 Å². The predicted octanol–water partition coefficient (Wildman–Crippen LogP) is 2.58. The maximum Gasteiger partial charge on any atom is 0.157 e. The molecule has 0 bridgehead atoms. The van der Waals surface area contributed by atoms with E-state index >= 15 is 0 Å². The van der Waals surface area contributed by atoms with E-state index in [0.717, 1.165) is 19.6 Å². The summed E-state index contributed by atoms with van der Waals surface area (Å²) in [4.78, 5) is 0. The van der Waals surface area contributed by atoms with E-state index in [1.54, 1.807) is 0 Å². The zero-order valence-electron chi connectivity index (χ0n) is 15.4. The standard InChI is InChI=1S/C18H38O2P.ClH/c1-6-19-18(20-7-2)16-14-12-10-8-9-11-13-15-17-21(3,4)5;/h9,11,18H,6-8,10,12-17H2,1-5H3;1H/q+1;/p-1/b11-9-;. The van der Waals surface area contributed by atoms with E-state index in [1.807, 2.05) is 13.8 Å². The zero-order chi connectivity index (χ0) is 16.0. The lowest BCUT2D eigenvalue weighted by Crippen LogP contribution is -3.00. The van der Waals surface area contributed by atoms with Crippen LogP contribution in [-0.4, -0.2) is 45.7 Å². The Bertz CT molecular complexity index is 246. The number of ether oxygens (including phenoxy) is 2. The molecule has 22 heavy (non-hydrogen) atoms. The fourth-order valence-electron chi connectivity index (χ4n) is 2.26. The fraction of sp³-hybridized carbons (Fsp3) is 0.889. The molecule has 4 heteroatoms. The normalized spacial score (nSPS) is 12.1. The number of allylic oxidation sites excluding steroid dienone is 2. The Hall–Kier alpha value is 0.380. The third kappa shape index (κ3) is 18.4. The minimum Gasteiger partial charge on any atom is -1.00 e. The molecule has 0 N–H and O–H groups in total. The summed E-state index contributed by atoms with van der Waals surface area (Å²) >= 11 is 0. The first-order valence-electron chi connectivity index (χ1n) is 8.68. The molecule has 134 valence electrons. The molecule has 0 aromatic rings. The van der Waals surface area contributed by atoms with Crippen molar-refractivity contribution < 1.29 is 21.9 Å². The molecule has 0 fully saturated rings. The van der Waals surface area contributed by atoms with Crippen molar-refractivity contribution in [3.8, 4) is 0 Å². The van der Waals surface area contributed by atoms with Crippen LogP contribution in [0.4, 0.5) is 0 Å². The Morgan fingerprint density at radius 3 is 1.86 bits per heavy atom. The van der Waals surface area contributed by atoms with Crippen LogP contribution in [0.3, 0.4) is 0 Å². The second-order valence-corrected chi connectivity index (χ2v) is 11.6. The molecule has 0 rings (SSSR count). The van der Waals surface area contributed by atoms with E-state index < -0.39 is 7.26 Å². The number of halogens is 1. The molecule has 0 aromatic carbocycles. The van der Waals surface area contributed by atoms with Gasteiger partial charge in [0.1, 0.15) is 0 Å². The fourth-order valence-corrected chi connectivity index (χ4v) is 3.39. The molecule has 2 nitrogen and oxygen atoms in total. The highest BCUT2D eigenvalue weighted by Crippen LogP contribution is 2.47. The Kier molecular flexibility index (Phi) is 18.2. The van der Waals surface area contributed by atoms with Gasteiger partial charge in [-0.15, -0.1) is 0 Å². The van der Waals surface area contributed by atoms with Gasteiger partial charge in [-0.25, -0.2) is 0 Å². The van der Waals surface area contributed by atoms with Crippen molar-refractivity contribution in [2.24, 2.45) is 0 Å². The van der Waals surface area contributed by atoms with Crippen molar-refractivity contribution in [1.82, 2.24) is 0 Å². The van der Waals surface area contributed by atoms with Crippen LogP contribution >= 0.6 is 7.26 Å². The molecule has 0 spiro atoms. The second kappa shape index (κ2) is 16.2. The summed E-state index contributed by atoms with van der Waals surface area (Å²) in [7, 11) is -0.565. The van der Waals surface area contributed by atoms with Gasteiger partial charge in [-0.05, 0) is 52.4 Å². The summed E-state index contributed by atoms with van der Waals surface area (Å²) in [5.74, 6) is 0. The average Bonchev–Trinajstić information content (AvgIpc) is 2.40. The first kappa shape index (κ1) is 24.6. The topological polar surface area (TPSA) is 18.5 Å². The quantitative estimate of drug-likeness (QED) is 0.207. The SMILES string of the molecule is CCOC(CCCCC/C=C\CCC[P+](C)(C)C)OCC.[Cl-]. The molecule has 0 radical (unpaired) electrons. The monoisotopic (exact) mass is 352 g/mol. The van der Waals surface area contributed by atoms with Crippen LogP contribution in [0.2, 0.25) is 0 Å².